The van der Waals surface area contributed by atoms with E-state index in [9.17, 15) is 5.26 Å². The molecule has 2 aliphatic rings. The van der Waals surface area contributed by atoms with Crippen molar-refractivity contribution < 1.29 is 4.74 Å². The third-order valence-corrected chi connectivity index (χ3v) is 9.32. The van der Waals surface area contributed by atoms with Crippen LogP contribution in [-0.4, -0.2) is 9.97 Å². The van der Waals surface area contributed by atoms with E-state index in [0.717, 1.165) is 86.2 Å². The number of anilines is 5. The minimum atomic E-state index is 0.566. The number of allylic oxidation sites excluding steroid dienone is 3. The van der Waals surface area contributed by atoms with Gasteiger partial charge >= 0.3 is 0 Å². The van der Waals surface area contributed by atoms with E-state index in [4.69, 9.17) is 14.7 Å². The molecule has 0 amide bonds. The molecule has 0 radical (unpaired) electrons. The lowest BCUT2D eigenvalue weighted by Crippen LogP contribution is -2.24. The molecule has 1 aliphatic heterocycles. The number of nitrogens with zero attached hydrogens (tertiary/aromatic N) is 5. The lowest BCUT2D eigenvalue weighted by Gasteiger charge is -2.35. The minimum Gasteiger partial charge on any atom is -0.457 e. The van der Waals surface area contributed by atoms with E-state index in [1.165, 1.54) is 0 Å². The van der Waals surface area contributed by atoms with Crippen LogP contribution in [0, 0.1) is 11.3 Å². The Balaban J connectivity index is 1.11. The summed E-state index contributed by atoms with van der Waals surface area (Å²) in [4.78, 5) is 14.5. The van der Waals surface area contributed by atoms with Gasteiger partial charge in [0.05, 0.1) is 34.2 Å². The van der Waals surface area contributed by atoms with E-state index in [2.05, 4.69) is 113 Å². The summed E-state index contributed by atoms with van der Waals surface area (Å²) in [6.45, 7) is 0. The highest BCUT2D eigenvalue weighted by atomic mass is 16.5. The number of nitriles is 1. The molecule has 0 saturated carbocycles. The normalized spacial score (nSPS) is 13.3. The number of rotatable bonds is 6. The fraction of sp³-hybridized carbons (Fsp3) is 0.0444. The van der Waals surface area contributed by atoms with Crippen molar-refractivity contribution in [3.63, 3.8) is 0 Å². The smallest absolute Gasteiger partial charge is 0.160 e. The van der Waals surface area contributed by atoms with Gasteiger partial charge in [0, 0.05) is 45.7 Å². The second-order valence-electron chi connectivity index (χ2n) is 12.5. The number of fused-ring (bicyclic) bond motifs is 2. The molecule has 1 aliphatic carbocycles. The van der Waals surface area contributed by atoms with Gasteiger partial charge in [-0.15, -0.1) is 0 Å². The van der Waals surface area contributed by atoms with Gasteiger partial charge in [0.1, 0.15) is 5.76 Å². The third kappa shape index (κ3) is 5.57. The van der Waals surface area contributed by atoms with Crippen molar-refractivity contribution in [2.45, 2.75) is 12.8 Å². The molecule has 0 saturated heterocycles. The molecule has 2 heterocycles. The highest BCUT2D eigenvalue weighted by Crippen LogP contribution is 2.45. The molecule has 0 fully saturated rings. The molecule has 51 heavy (non-hydrogen) atoms. The van der Waals surface area contributed by atoms with Gasteiger partial charge in [-0.1, -0.05) is 78.9 Å². The van der Waals surface area contributed by atoms with Crippen LogP contribution in [-0.2, 0) is 0 Å². The summed E-state index contributed by atoms with van der Waals surface area (Å²) in [5.41, 5.74) is 10.3. The van der Waals surface area contributed by atoms with Gasteiger partial charge in [-0.05, 0) is 91.4 Å². The van der Waals surface area contributed by atoms with Crippen LogP contribution in [0.1, 0.15) is 18.4 Å². The molecule has 0 spiro atoms. The molecule has 1 aromatic heterocycles. The van der Waals surface area contributed by atoms with Crippen molar-refractivity contribution >= 4 is 39.3 Å². The first kappa shape index (κ1) is 30.1. The lowest BCUT2D eigenvalue weighted by atomic mass is 10.0. The summed E-state index contributed by atoms with van der Waals surface area (Å²) in [7, 11) is 0. The maximum atomic E-state index is 9.60. The van der Waals surface area contributed by atoms with E-state index in [-0.39, 0.29) is 0 Å². The molecule has 6 nitrogen and oxygen atoms in total. The quantitative estimate of drug-likeness (QED) is 0.177. The monoisotopic (exact) mass is 657 g/mol. The third-order valence-electron chi connectivity index (χ3n) is 9.32. The molecule has 6 heteroatoms. The van der Waals surface area contributed by atoms with Gasteiger partial charge in [0.25, 0.3) is 0 Å². The Morgan fingerprint density at radius 2 is 1.35 bits per heavy atom. The average Bonchev–Trinajstić information content (AvgIpc) is 3.20. The van der Waals surface area contributed by atoms with Crippen LogP contribution in [0.3, 0.4) is 0 Å². The summed E-state index contributed by atoms with van der Waals surface area (Å²) in [6.07, 6.45) is 6.25. The van der Waals surface area contributed by atoms with Gasteiger partial charge in [-0.3, -0.25) is 0 Å². The summed E-state index contributed by atoms with van der Waals surface area (Å²) in [6, 6.07) is 53.7. The SMILES string of the molecule is N#Cc1ccc2c(-c3ccc(N(c4ccccc4)c4ccc(N5C6=C(CCC=C6)Oc6ccccc65)cc4)cc3)nc(-c3ccccc3)nc2c1. The number of ether oxygens (including phenoxy) is 1. The summed E-state index contributed by atoms with van der Waals surface area (Å²) in [5.74, 6) is 2.50. The maximum absolute atomic E-state index is 9.60. The largest absolute Gasteiger partial charge is 0.457 e. The molecule has 0 atom stereocenters. The number of para-hydroxylation sites is 3. The molecule has 0 N–H and O–H groups in total. The molecule has 7 aromatic rings. The maximum Gasteiger partial charge on any atom is 0.160 e. The fourth-order valence-electron chi connectivity index (χ4n) is 6.88. The highest BCUT2D eigenvalue weighted by Gasteiger charge is 2.28. The van der Waals surface area contributed by atoms with Gasteiger partial charge in [0.15, 0.2) is 11.6 Å². The van der Waals surface area contributed by atoms with Crippen molar-refractivity contribution in [2.75, 3.05) is 9.80 Å². The van der Waals surface area contributed by atoms with Gasteiger partial charge < -0.3 is 14.5 Å². The van der Waals surface area contributed by atoms with Crippen molar-refractivity contribution in [2.24, 2.45) is 0 Å². The molecule has 6 aromatic carbocycles. The zero-order chi connectivity index (χ0) is 34.1. The molecule has 242 valence electrons. The van der Waals surface area contributed by atoms with Crippen LogP contribution in [0.15, 0.2) is 175 Å². The van der Waals surface area contributed by atoms with Crippen LogP contribution < -0.4 is 14.5 Å². The second kappa shape index (κ2) is 12.8. The first-order valence-electron chi connectivity index (χ1n) is 17.0. The second-order valence-corrected chi connectivity index (χ2v) is 12.5. The highest BCUT2D eigenvalue weighted by molar-refractivity contribution is 5.95. The standard InChI is InChI=1S/C45H31N5O/c46-30-31-19-28-38-39(29-31)47-45(33-11-3-1-4-12-33)48-44(38)32-20-22-35(23-21-32)49(34-13-5-2-6-14-34)36-24-26-37(27-25-36)50-40-15-7-9-17-42(40)51-43-18-10-8-16-41(43)50/h1-9,11-17,19-29H,10,18H2. The molecular weight excluding hydrogens is 627 g/mol. The van der Waals surface area contributed by atoms with Crippen LogP contribution in [0.2, 0.25) is 0 Å². The zero-order valence-electron chi connectivity index (χ0n) is 27.6. The lowest BCUT2D eigenvalue weighted by molar-refractivity contribution is 0.388. The van der Waals surface area contributed by atoms with E-state index in [0.29, 0.717) is 11.4 Å². The van der Waals surface area contributed by atoms with Gasteiger partial charge in [-0.2, -0.15) is 5.26 Å². The Morgan fingerprint density at radius 1 is 0.667 bits per heavy atom. The Kier molecular flexibility index (Phi) is 7.56. The molecule has 9 rings (SSSR count). The van der Waals surface area contributed by atoms with Crippen molar-refractivity contribution in [3.05, 3.63) is 181 Å². The number of hydrogen-bond donors (Lipinski definition) is 0. The van der Waals surface area contributed by atoms with E-state index < -0.39 is 0 Å². The predicted octanol–water partition coefficient (Wildman–Crippen LogP) is 11.4. The Labute approximate surface area is 296 Å². The Hall–Kier alpha value is -6.97. The number of hydrogen-bond acceptors (Lipinski definition) is 6. The van der Waals surface area contributed by atoms with Crippen LogP contribution in [0.5, 0.6) is 5.75 Å². The Morgan fingerprint density at radius 3 is 2.12 bits per heavy atom. The van der Waals surface area contributed by atoms with E-state index in [1.54, 1.807) is 0 Å². The molecular formula is C45H31N5O. The summed E-state index contributed by atoms with van der Waals surface area (Å²) >= 11 is 0. The topological polar surface area (TPSA) is 65.3 Å². The van der Waals surface area contributed by atoms with Gasteiger partial charge in [-0.25, -0.2) is 9.97 Å². The molecule has 0 bridgehead atoms. The van der Waals surface area contributed by atoms with Crippen molar-refractivity contribution in [1.29, 1.82) is 5.26 Å². The zero-order valence-corrected chi connectivity index (χ0v) is 27.6. The minimum absolute atomic E-state index is 0.566. The fourth-order valence-corrected chi connectivity index (χ4v) is 6.88. The summed E-state index contributed by atoms with van der Waals surface area (Å²) < 4.78 is 6.33. The summed E-state index contributed by atoms with van der Waals surface area (Å²) in [5, 5.41) is 10.5. The van der Waals surface area contributed by atoms with Crippen LogP contribution in [0.25, 0.3) is 33.5 Å². The van der Waals surface area contributed by atoms with E-state index in [1.807, 2.05) is 66.7 Å². The average molecular weight is 658 g/mol. The number of benzene rings is 6. The predicted molar refractivity (Wildman–Crippen MR) is 204 cm³/mol. The van der Waals surface area contributed by atoms with Crippen LogP contribution >= 0.6 is 0 Å². The number of aromatic nitrogens is 2. The van der Waals surface area contributed by atoms with E-state index >= 15 is 0 Å². The van der Waals surface area contributed by atoms with Gasteiger partial charge in [0.2, 0.25) is 0 Å². The van der Waals surface area contributed by atoms with Crippen molar-refractivity contribution in [3.8, 4) is 34.5 Å². The Bertz CT molecular complexity index is 2500. The van der Waals surface area contributed by atoms with Crippen LogP contribution in [0.4, 0.5) is 28.4 Å². The first-order valence-corrected chi connectivity index (χ1v) is 17.0. The van der Waals surface area contributed by atoms with Crippen molar-refractivity contribution in [1.82, 2.24) is 9.97 Å². The first-order chi connectivity index (χ1) is 25.2. The molecule has 0 unspecified atom stereocenters.